The van der Waals surface area contributed by atoms with Gasteiger partial charge in [-0.2, -0.15) is 4.31 Å². The maximum Gasteiger partial charge on any atom is 0.308 e. The van der Waals surface area contributed by atoms with Crippen LogP contribution in [-0.4, -0.2) is 42.3 Å². The Morgan fingerprint density at radius 1 is 1.28 bits per heavy atom. The van der Waals surface area contributed by atoms with Crippen LogP contribution in [0.4, 0.5) is 0 Å². The van der Waals surface area contributed by atoms with Crippen LogP contribution in [0.3, 0.4) is 0 Å². The number of amides is 1. The van der Waals surface area contributed by atoms with E-state index in [2.05, 4.69) is 5.32 Å². The molecule has 1 N–H and O–H groups in total. The Bertz CT molecular complexity index is 1030. The number of carbonyl (C=O) groups is 1. The third-order valence-electron chi connectivity index (χ3n) is 5.55. The molecule has 1 unspecified atom stereocenters. The van der Waals surface area contributed by atoms with Gasteiger partial charge in [0.15, 0.2) is 0 Å². The van der Waals surface area contributed by atoms with Crippen LogP contribution in [0, 0.1) is 5.92 Å². The van der Waals surface area contributed by atoms with Crippen molar-refractivity contribution in [2.45, 2.75) is 63.9 Å². The molecule has 0 saturated carbocycles. The number of hydrogen-bond donors (Lipinski definition) is 1. The van der Waals surface area contributed by atoms with Gasteiger partial charge in [-0.3, -0.25) is 14.2 Å². The van der Waals surface area contributed by atoms with Gasteiger partial charge in [0.25, 0.3) is 0 Å². The lowest BCUT2D eigenvalue weighted by Crippen LogP contribution is -2.44. The summed E-state index contributed by atoms with van der Waals surface area (Å²) in [5.74, 6) is -0.133. The molecule has 1 aliphatic rings. The fourth-order valence-corrected chi connectivity index (χ4v) is 6.14. The number of fused-ring (bicyclic) bond motifs is 1. The van der Waals surface area contributed by atoms with E-state index in [-0.39, 0.29) is 27.6 Å². The number of aryl methyl sites for hydroxylation is 1. The molecule has 1 fully saturated rings. The minimum Gasteiger partial charge on any atom is -0.353 e. The number of aromatic nitrogens is 1. The van der Waals surface area contributed by atoms with E-state index >= 15 is 0 Å². The van der Waals surface area contributed by atoms with Crippen LogP contribution < -0.4 is 10.2 Å². The zero-order valence-electron chi connectivity index (χ0n) is 17.2. The highest BCUT2D eigenvalue weighted by Gasteiger charge is 2.32. The van der Waals surface area contributed by atoms with Crippen LogP contribution in [-0.2, 0) is 21.4 Å². The maximum atomic E-state index is 13.1. The predicted molar refractivity (Wildman–Crippen MR) is 116 cm³/mol. The van der Waals surface area contributed by atoms with Crippen molar-refractivity contribution in [3.05, 3.63) is 27.9 Å². The maximum absolute atomic E-state index is 13.1. The molecule has 1 saturated heterocycles. The highest BCUT2D eigenvalue weighted by molar-refractivity contribution is 7.89. The molecule has 0 aliphatic carbocycles. The largest absolute Gasteiger partial charge is 0.353 e. The highest BCUT2D eigenvalue weighted by Crippen LogP contribution is 2.27. The molecular weight excluding hydrogens is 410 g/mol. The number of benzene rings is 1. The van der Waals surface area contributed by atoms with Crippen molar-refractivity contribution in [3.63, 3.8) is 0 Å². The number of thiazole rings is 1. The van der Waals surface area contributed by atoms with E-state index in [0.29, 0.717) is 37.2 Å². The summed E-state index contributed by atoms with van der Waals surface area (Å²) in [6, 6.07) is 5.04. The summed E-state index contributed by atoms with van der Waals surface area (Å²) in [4.78, 5) is 24.6. The number of sulfonamides is 1. The summed E-state index contributed by atoms with van der Waals surface area (Å²) in [6.45, 7) is 7.26. The van der Waals surface area contributed by atoms with Gasteiger partial charge in [-0.05, 0) is 50.8 Å². The molecule has 1 aromatic carbocycles. The van der Waals surface area contributed by atoms with E-state index in [1.807, 2.05) is 20.8 Å². The molecule has 2 aromatic rings. The molecule has 1 atom stereocenters. The second kappa shape index (κ2) is 8.97. The molecule has 160 valence electrons. The van der Waals surface area contributed by atoms with Crippen molar-refractivity contribution < 1.29 is 13.2 Å². The Morgan fingerprint density at radius 2 is 1.97 bits per heavy atom. The van der Waals surface area contributed by atoms with Crippen LogP contribution in [0.5, 0.6) is 0 Å². The fourth-order valence-electron chi connectivity index (χ4n) is 3.61. The number of hydrogen-bond acceptors (Lipinski definition) is 5. The first kappa shape index (κ1) is 22.0. The zero-order valence-corrected chi connectivity index (χ0v) is 18.8. The minimum atomic E-state index is -3.65. The highest BCUT2D eigenvalue weighted by atomic mass is 32.2. The van der Waals surface area contributed by atoms with E-state index in [0.717, 1.165) is 29.7 Å². The first-order valence-electron chi connectivity index (χ1n) is 10.2. The monoisotopic (exact) mass is 439 g/mol. The molecule has 1 aliphatic heterocycles. The smallest absolute Gasteiger partial charge is 0.308 e. The Labute approximate surface area is 175 Å². The molecule has 1 amide bonds. The Kier molecular flexibility index (Phi) is 6.80. The van der Waals surface area contributed by atoms with Gasteiger partial charge in [0, 0.05) is 31.6 Å². The molecule has 0 spiro atoms. The summed E-state index contributed by atoms with van der Waals surface area (Å²) in [6.07, 6.45) is 2.74. The number of rotatable bonds is 7. The molecule has 0 bridgehead atoms. The molecule has 9 heteroatoms. The SMILES string of the molecule is CCCn1c(=O)sc2cc(S(=O)(=O)N3CCC(C(=O)NC(C)CC)CC3)ccc21. The molecule has 2 heterocycles. The molecule has 3 rings (SSSR count). The summed E-state index contributed by atoms with van der Waals surface area (Å²) in [5, 5.41) is 2.99. The summed E-state index contributed by atoms with van der Waals surface area (Å²) in [5.41, 5.74) is 0.779. The van der Waals surface area contributed by atoms with Gasteiger partial charge >= 0.3 is 4.87 Å². The minimum absolute atomic E-state index is 0.0138. The predicted octanol–water partition coefficient (Wildman–Crippen LogP) is 2.79. The van der Waals surface area contributed by atoms with E-state index < -0.39 is 10.0 Å². The van der Waals surface area contributed by atoms with E-state index in [9.17, 15) is 18.0 Å². The summed E-state index contributed by atoms with van der Waals surface area (Å²) < 4.78 is 30.0. The Morgan fingerprint density at radius 3 is 2.59 bits per heavy atom. The fraction of sp³-hybridized carbons (Fsp3) is 0.600. The van der Waals surface area contributed by atoms with Crippen LogP contribution in [0.25, 0.3) is 10.2 Å². The van der Waals surface area contributed by atoms with Crippen molar-refractivity contribution in [2.75, 3.05) is 13.1 Å². The molecule has 7 nitrogen and oxygen atoms in total. The van der Waals surface area contributed by atoms with Gasteiger partial charge in [0.1, 0.15) is 0 Å². The van der Waals surface area contributed by atoms with Crippen molar-refractivity contribution in [2.24, 2.45) is 5.92 Å². The summed E-state index contributed by atoms with van der Waals surface area (Å²) in [7, 11) is -3.65. The first-order valence-corrected chi connectivity index (χ1v) is 12.5. The quantitative estimate of drug-likeness (QED) is 0.718. The van der Waals surface area contributed by atoms with Crippen LogP contribution in [0.2, 0.25) is 0 Å². The summed E-state index contributed by atoms with van der Waals surface area (Å²) >= 11 is 1.08. The Balaban J connectivity index is 1.75. The molecular formula is C20H29N3O4S2. The van der Waals surface area contributed by atoms with Gasteiger partial charge in [0.05, 0.1) is 15.1 Å². The van der Waals surface area contributed by atoms with E-state index in [4.69, 9.17) is 0 Å². The second-order valence-electron chi connectivity index (χ2n) is 7.65. The molecule has 29 heavy (non-hydrogen) atoms. The first-order chi connectivity index (χ1) is 13.8. The van der Waals surface area contributed by atoms with E-state index in [1.54, 1.807) is 22.8 Å². The number of carbonyl (C=O) groups excluding carboxylic acids is 1. The number of nitrogens with zero attached hydrogens (tertiary/aromatic N) is 2. The normalized spacial score (nSPS) is 17.5. The molecule has 0 radical (unpaired) electrons. The van der Waals surface area contributed by atoms with Gasteiger partial charge in [0.2, 0.25) is 15.9 Å². The van der Waals surface area contributed by atoms with Crippen LogP contribution in [0.15, 0.2) is 27.9 Å². The van der Waals surface area contributed by atoms with Crippen molar-refractivity contribution in [1.82, 2.24) is 14.2 Å². The van der Waals surface area contributed by atoms with Gasteiger partial charge in [-0.1, -0.05) is 25.2 Å². The Hall–Kier alpha value is -1.71. The second-order valence-corrected chi connectivity index (χ2v) is 10.6. The van der Waals surface area contributed by atoms with Crippen molar-refractivity contribution >= 4 is 37.5 Å². The van der Waals surface area contributed by atoms with Crippen molar-refractivity contribution in [3.8, 4) is 0 Å². The van der Waals surface area contributed by atoms with Crippen LogP contribution in [0.1, 0.15) is 46.5 Å². The van der Waals surface area contributed by atoms with Gasteiger partial charge < -0.3 is 5.32 Å². The topological polar surface area (TPSA) is 88.5 Å². The van der Waals surface area contributed by atoms with Gasteiger partial charge in [-0.25, -0.2) is 8.42 Å². The third kappa shape index (κ3) is 4.57. The number of nitrogens with one attached hydrogen (secondary N) is 1. The standard InChI is InChI=1S/C20H29N3O4S2/c1-4-10-23-17-7-6-16(13-18(17)28-20(23)25)29(26,27)22-11-8-15(9-12-22)19(24)21-14(3)5-2/h6-7,13-15H,4-5,8-12H2,1-3H3,(H,21,24). The van der Waals surface area contributed by atoms with Crippen molar-refractivity contribution in [1.29, 1.82) is 0 Å². The zero-order chi connectivity index (χ0) is 21.2. The third-order valence-corrected chi connectivity index (χ3v) is 8.39. The number of piperidine rings is 1. The molecule has 1 aromatic heterocycles. The average Bonchev–Trinajstić information content (AvgIpc) is 3.02. The lowest BCUT2D eigenvalue weighted by molar-refractivity contribution is -0.126. The lowest BCUT2D eigenvalue weighted by atomic mass is 9.97. The van der Waals surface area contributed by atoms with Crippen LogP contribution >= 0.6 is 11.3 Å². The van der Waals surface area contributed by atoms with E-state index in [1.165, 1.54) is 4.31 Å². The lowest BCUT2D eigenvalue weighted by Gasteiger charge is -2.31. The van der Waals surface area contributed by atoms with Gasteiger partial charge in [-0.15, -0.1) is 0 Å². The average molecular weight is 440 g/mol.